The van der Waals surface area contributed by atoms with Gasteiger partial charge in [0.15, 0.2) is 0 Å². The van der Waals surface area contributed by atoms with Gasteiger partial charge >= 0.3 is 5.97 Å². The van der Waals surface area contributed by atoms with Crippen LogP contribution in [0.1, 0.15) is 20.8 Å². The first kappa shape index (κ1) is 14.3. The Bertz CT molecular complexity index is 542. The molecule has 2 atom stereocenters. The standard InChI is InChI=1S/C14H18N2O4/c1-4-20-12-8(6-5-7-15-12)16-11(17)9-10(13(18)19)14(9,2)3/h5-7,9-10H,4H2,1-3H3,(H,16,17)(H,18,19)/t9-,10+/m1/s1. The Hall–Kier alpha value is -2.11. The van der Waals surface area contributed by atoms with E-state index in [1.54, 1.807) is 32.2 Å². The topological polar surface area (TPSA) is 88.5 Å². The van der Waals surface area contributed by atoms with Gasteiger partial charge in [0.05, 0.1) is 18.4 Å². The van der Waals surface area contributed by atoms with Crippen LogP contribution in [0, 0.1) is 17.3 Å². The molecule has 0 radical (unpaired) electrons. The van der Waals surface area contributed by atoms with Gasteiger partial charge in [0.1, 0.15) is 5.69 Å². The number of carbonyl (C=O) groups excluding carboxylic acids is 1. The van der Waals surface area contributed by atoms with Crippen molar-refractivity contribution >= 4 is 17.6 Å². The van der Waals surface area contributed by atoms with Crippen molar-refractivity contribution < 1.29 is 19.4 Å². The second-order valence-corrected chi connectivity index (χ2v) is 5.39. The number of hydrogen-bond acceptors (Lipinski definition) is 4. The van der Waals surface area contributed by atoms with E-state index in [0.717, 1.165) is 0 Å². The lowest BCUT2D eigenvalue weighted by Gasteiger charge is -2.10. The van der Waals surface area contributed by atoms with Gasteiger partial charge in [-0.15, -0.1) is 0 Å². The molecule has 6 nitrogen and oxygen atoms in total. The minimum Gasteiger partial charge on any atom is -0.481 e. The summed E-state index contributed by atoms with van der Waals surface area (Å²) < 4.78 is 5.32. The highest BCUT2D eigenvalue weighted by atomic mass is 16.5. The quantitative estimate of drug-likeness (QED) is 0.857. The van der Waals surface area contributed by atoms with Crippen molar-refractivity contribution in [3.05, 3.63) is 18.3 Å². The number of ether oxygens (including phenoxy) is 1. The van der Waals surface area contributed by atoms with E-state index >= 15 is 0 Å². The molecule has 0 unspecified atom stereocenters. The van der Waals surface area contributed by atoms with Crippen LogP contribution in [0.15, 0.2) is 18.3 Å². The first-order valence-electron chi connectivity index (χ1n) is 6.51. The average Bonchev–Trinajstić information content (AvgIpc) is 2.95. The predicted molar refractivity (Wildman–Crippen MR) is 72.4 cm³/mol. The lowest BCUT2D eigenvalue weighted by molar-refractivity contribution is -0.140. The molecule has 0 aromatic carbocycles. The first-order chi connectivity index (χ1) is 9.39. The van der Waals surface area contributed by atoms with Gasteiger partial charge in [0.25, 0.3) is 0 Å². The Morgan fingerprint density at radius 3 is 2.70 bits per heavy atom. The van der Waals surface area contributed by atoms with E-state index in [-0.39, 0.29) is 5.91 Å². The van der Waals surface area contributed by atoms with E-state index in [1.165, 1.54) is 0 Å². The number of aromatic nitrogens is 1. The molecule has 0 bridgehead atoms. The zero-order chi connectivity index (χ0) is 14.9. The maximum absolute atomic E-state index is 12.2. The molecule has 1 saturated carbocycles. The number of hydrogen-bond donors (Lipinski definition) is 2. The summed E-state index contributed by atoms with van der Waals surface area (Å²) >= 11 is 0. The maximum atomic E-state index is 12.2. The highest BCUT2D eigenvalue weighted by Crippen LogP contribution is 2.58. The Labute approximate surface area is 117 Å². The summed E-state index contributed by atoms with van der Waals surface area (Å²) in [5.74, 6) is -2.08. The molecular formula is C14H18N2O4. The summed E-state index contributed by atoms with van der Waals surface area (Å²) in [6.45, 7) is 5.82. The Morgan fingerprint density at radius 1 is 1.45 bits per heavy atom. The number of aliphatic carboxylic acids is 1. The van der Waals surface area contributed by atoms with Crippen molar-refractivity contribution in [2.75, 3.05) is 11.9 Å². The van der Waals surface area contributed by atoms with E-state index in [4.69, 9.17) is 9.84 Å². The number of carbonyl (C=O) groups is 2. The Balaban J connectivity index is 2.12. The van der Waals surface area contributed by atoms with Gasteiger partial charge in [-0.05, 0) is 24.5 Å². The van der Waals surface area contributed by atoms with Crippen LogP contribution < -0.4 is 10.1 Å². The number of carboxylic acids is 1. The fourth-order valence-corrected chi connectivity index (χ4v) is 2.54. The third kappa shape index (κ3) is 2.45. The second-order valence-electron chi connectivity index (χ2n) is 5.39. The largest absolute Gasteiger partial charge is 0.481 e. The zero-order valence-electron chi connectivity index (χ0n) is 11.7. The van der Waals surface area contributed by atoms with Crippen molar-refractivity contribution in [1.29, 1.82) is 0 Å². The zero-order valence-corrected chi connectivity index (χ0v) is 11.7. The molecular weight excluding hydrogens is 260 g/mol. The summed E-state index contributed by atoms with van der Waals surface area (Å²) in [5, 5.41) is 11.8. The molecule has 0 aliphatic heterocycles. The third-order valence-corrected chi connectivity index (χ3v) is 3.69. The molecule has 20 heavy (non-hydrogen) atoms. The van der Waals surface area contributed by atoms with E-state index < -0.39 is 23.2 Å². The van der Waals surface area contributed by atoms with Crippen LogP contribution in [0.2, 0.25) is 0 Å². The van der Waals surface area contributed by atoms with Crippen LogP contribution in [0.4, 0.5) is 5.69 Å². The van der Waals surface area contributed by atoms with Crippen molar-refractivity contribution in [2.24, 2.45) is 17.3 Å². The van der Waals surface area contributed by atoms with Gasteiger partial charge < -0.3 is 15.2 Å². The van der Waals surface area contributed by atoms with E-state index in [1.807, 2.05) is 6.92 Å². The molecule has 1 aromatic rings. The number of nitrogens with one attached hydrogen (secondary N) is 1. The second kappa shape index (κ2) is 5.11. The number of amides is 1. The van der Waals surface area contributed by atoms with E-state index in [2.05, 4.69) is 10.3 Å². The molecule has 1 aliphatic carbocycles. The van der Waals surface area contributed by atoms with Gasteiger partial charge in [-0.25, -0.2) is 4.98 Å². The van der Waals surface area contributed by atoms with Crippen LogP contribution in [0.5, 0.6) is 5.88 Å². The van der Waals surface area contributed by atoms with Crippen LogP contribution in [0.25, 0.3) is 0 Å². The Kier molecular flexibility index (Phi) is 3.65. The van der Waals surface area contributed by atoms with Crippen LogP contribution in [0.3, 0.4) is 0 Å². The van der Waals surface area contributed by atoms with Crippen LogP contribution in [-0.2, 0) is 9.59 Å². The number of pyridine rings is 1. The molecule has 2 rings (SSSR count). The van der Waals surface area contributed by atoms with Crippen molar-refractivity contribution in [3.63, 3.8) is 0 Å². The van der Waals surface area contributed by atoms with E-state index in [0.29, 0.717) is 18.2 Å². The minimum absolute atomic E-state index is 0.309. The lowest BCUT2D eigenvalue weighted by Crippen LogP contribution is -2.18. The maximum Gasteiger partial charge on any atom is 0.307 e. The number of carboxylic acid groups (broad SMARTS) is 1. The van der Waals surface area contributed by atoms with Gasteiger partial charge in [-0.2, -0.15) is 0 Å². The van der Waals surface area contributed by atoms with E-state index in [9.17, 15) is 9.59 Å². The molecule has 2 N–H and O–H groups in total. The fourth-order valence-electron chi connectivity index (χ4n) is 2.54. The first-order valence-corrected chi connectivity index (χ1v) is 6.51. The monoisotopic (exact) mass is 278 g/mol. The van der Waals surface area contributed by atoms with Crippen molar-refractivity contribution in [3.8, 4) is 5.88 Å². The lowest BCUT2D eigenvalue weighted by atomic mass is 10.1. The number of nitrogens with zero attached hydrogens (tertiary/aromatic N) is 1. The van der Waals surface area contributed by atoms with Gasteiger partial charge in [-0.1, -0.05) is 13.8 Å². The van der Waals surface area contributed by atoms with Crippen LogP contribution in [-0.4, -0.2) is 28.6 Å². The SMILES string of the molecule is CCOc1ncccc1NC(=O)[C@H]1[C@@H](C(=O)O)C1(C)C. The summed E-state index contributed by atoms with van der Waals surface area (Å²) in [6.07, 6.45) is 1.57. The molecule has 1 fully saturated rings. The summed E-state index contributed by atoms with van der Waals surface area (Å²) in [5.41, 5.74) is -0.0598. The van der Waals surface area contributed by atoms with Crippen molar-refractivity contribution in [1.82, 2.24) is 4.98 Å². The molecule has 1 amide bonds. The Morgan fingerprint density at radius 2 is 2.15 bits per heavy atom. The smallest absolute Gasteiger partial charge is 0.307 e. The molecule has 108 valence electrons. The molecule has 1 aromatic heterocycles. The third-order valence-electron chi connectivity index (χ3n) is 3.69. The molecule has 1 heterocycles. The van der Waals surface area contributed by atoms with Gasteiger partial charge in [-0.3, -0.25) is 9.59 Å². The molecule has 1 aliphatic rings. The summed E-state index contributed by atoms with van der Waals surface area (Å²) in [7, 11) is 0. The minimum atomic E-state index is -0.939. The molecule has 0 spiro atoms. The van der Waals surface area contributed by atoms with Crippen molar-refractivity contribution in [2.45, 2.75) is 20.8 Å². The molecule has 0 saturated heterocycles. The predicted octanol–water partition coefficient (Wildman–Crippen LogP) is 1.78. The number of anilines is 1. The summed E-state index contributed by atoms with van der Waals surface area (Å²) in [6, 6.07) is 3.37. The summed E-state index contributed by atoms with van der Waals surface area (Å²) in [4.78, 5) is 27.3. The molecule has 6 heteroatoms. The van der Waals surface area contributed by atoms with Crippen LogP contribution >= 0.6 is 0 Å². The highest BCUT2D eigenvalue weighted by Gasteiger charge is 2.65. The highest BCUT2D eigenvalue weighted by molar-refractivity contribution is 6.00. The average molecular weight is 278 g/mol. The van der Waals surface area contributed by atoms with Gasteiger partial charge in [0.2, 0.25) is 11.8 Å². The van der Waals surface area contributed by atoms with Gasteiger partial charge in [0, 0.05) is 6.20 Å². The number of rotatable bonds is 5. The fraction of sp³-hybridized carbons (Fsp3) is 0.500. The normalized spacial score (nSPS) is 22.9.